The molecule has 0 unspecified atom stereocenters. The highest BCUT2D eigenvalue weighted by Crippen LogP contribution is 2.27. The molecule has 1 heterocycles. The number of nitrogens with zero attached hydrogens (tertiary/aromatic N) is 4. The molecule has 0 aliphatic heterocycles. The molecule has 1 amide bonds. The maximum absolute atomic E-state index is 13.5. The summed E-state index contributed by atoms with van der Waals surface area (Å²) in [5.41, 5.74) is 3.78. The third-order valence-corrected chi connectivity index (χ3v) is 8.66. The molecule has 0 fully saturated rings. The molecule has 0 radical (unpaired) electrons. The van der Waals surface area contributed by atoms with Crippen molar-refractivity contribution >= 4 is 52.1 Å². The molecule has 2 N–H and O–H groups in total. The average molecular weight is 652 g/mol. The van der Waals surface area contributed by atoms with E-state index in [-0.39, 0.29) is 30.1 Å². The summed E-state index contributed by atoms with van der Waals surface area (Å²) in [5, 5.41) is 16.7. The van der Waals surface area contributed by atoms with Gasteiger partial charge in [-0.2, -0.15) is 5.26 Å². The first-order valence-electron chi connectivity index (χ1n) is 14.2. The van der Waals surface area contributed by atoms with Crippen LogP contribution in [0.1, 0.15) is 42.7 Å². The Morgan fingerprint density at radius 1 is 1.14 bits per heavy atom. The average Bonchev–Trinajstić information content (AvgIpc) is 3.45. The van der Waals surface area contributed by atoms with Crippen LogP contribution < -0.4 is 10.6 Å². The van der Waals surface area contributed by atoms with Gasteiger partial charge in [0.05, 0.1) is 34.4 Å². The highest BCUT2D eigenvalue weighted by Gasteiger charge is 2.25. The minimum Gasteiger partial charge on any atom is -0.351 e. The summed E-state index contributed by atoms with van der Waals surface area (Å²) in [5.74, 6) is -0.370. The number of carbonyl (C=O) groups is 1. The van der Waals surface area contributed by atoms with Crippen molar-refractivity contribution in [3.8, 4) is 6.07 Å². The van der Waals surface area contributed by atoms with Crippen LogP contribution in [0.3, 0.4) is 0 Å². The molecule has 7 nitrogen and oxygen atoms in total. The van der Waals surface area contributed by atoms with Gasteiger partial charge in [-0.1, -0.05) is 67.7 Å². The number of thiocarbonyl (C=S) groups is 1. The van der Waals surface area contributed by atoms with Crippen molar-refractivity contribution in [2.75, 3.05) is 11.9 Å². The number of hydrogen-bond acceptors (Lipinski definition) is 4. The smallest absolute Gasteiger partial charge is 0.226 e. The van der Waals surface area contributed by atoms with Crippen LogP contribution in [-0.4, -0.2) is 38.1 Å². The van der Waals surface area contributed by atoms with Crippen molar-refractivity contribution < 1.29 is 9.18 Å². The van der Waals surface area contributed by atoms with Crippen LogP contribution in [0.15, 0.2) is 79.3 Å². The number of anilines is 1. The molecule has 0 aliphatic carbocycles. The minimum atomic E-state index is -0.346. The van der Waals surface area contributed by atoms with Gasteiger partial charge in [-0.3, -0.25) is 4.79 Å². The summed E-state index contributed by atoms with van der Waals surface area (Å²) in [7, 11) is 0. The summed E-state index contributed by atoms with van der Waals surface area (Å²) in [6.07, 6.45) is 4.35. The molecule has 4 rings (SSSR count). The summed E-state index contributed by atoms with van der Waals surface area (Å²) in [6, 6.07) is 20.6. The fraction of sp³-hybridized carbons (Fsp3) is 0.273. The van der Waals surface area contributed by atoms with Crippen LogP contribution in [0.2, 0.25) is 10.0 Å². The van der Waals surface area contributed by atoms with Gasteiger partial charge in [0.15, 0.2) is 5.11 Å². The molecule has 4 aromatic rings. The number of hydrogen-bond donors (Lipinski definition) is 2. The van der Waals surface area contributed by atoms with Gasteiger partial charge in [0.2, 0.25) is 5.91 Å². The molecule has 0 saturated heterocycles. The van der Waals surface area contributed by atoms with Crippen molar-refractivity contribution in [3.05, 3.63) is 118 Å². The monoisotopic (exact) mass is 650 g/mol. The number of halogens is 3. The Morgan fingerprint density at radius 3 is 2.55 bits per heavy atom. The Balaban J connectivity index is 1.51. The molecular weight excluding hydrogens is 618 g/mol. The largest absolute Gasteiger partial charge is 0.351 e. The Morgan fingerprint density at radius 2 is 1.86 bits per heavy atom. The second-order valence-electron chi connectivity index (χ2n) is 10.6. The van der Waals surface area contributed by atoms with Crippen LogP contribution >= 0.6 is 35.4 Å². The molecule has 0 saturated carbocycles. The summed E-state index contributed by atoms with van der Waals surface area (Å²) in [6.45, 7) is 5.42. The van der Waals surface area contributed by atoms with Crippen LogP contribution in [0.25, 0.3) is 0 Å². The Bertz CT molecular complexity index is 1620. The van der Waals surface area contributed by atoms with Crippen LogP contribution in [-0.2, 0) is 24.3 Å². The van der Waals surface area contributed by atoms with Crippen molar-refractivity contribution in [1.29, 1.82) is 5.26 Å². The van der Waals surface area contributed by atoms with E-state index >= 15 is 0 Å². The first kappa shape index (κ1) is 32.9. The fourth-order valence-corrected chi connectivity index (χ4v) is 5.30. The van der Waals surface area contributed by atoms with Gasteiger partial charge >= 0.3 is 0 Å². The lowest BCUT2D eigenvalue weighted by Gasteiger charge is -2.33. The number of aromatic nitrogens is 2. The third kappa shape index (κ3) is 9.02. The van der Waals surface area contributed by atoms with Crippen molar-refractivity contribution in [2.45, 2.75) is 45.8 Å². The zero-order chi connectivity index (χ0) is 31.6. The normalized spacial score (nSPS) is 12.2. The SMILES string of the molecule is CC[C@H](C)[C@@H](CN(Cc1cccc(Cl)c1Cl)C(=S)Nc1ccc(F)cc1)NC(=O)Cc1cncn1Cc1ccc(C#N)cc1. The summed E-state index contributed by atoms with van der Waals surface area (Å²) >= 11 is 18.7. The van der Waals surface area contributed by atoms with E-state index in [1.807, 2.05) is 33.7 Å². The topological polar surface area (TPSA) is 86.0 Å². The van der Waals surface area contributed by atoms with Gasteiger partial charge in [0.1, 0.15) is 5.82 Å². The number of nitrogens with one attached hydrogen (secondary N) is 2. The first-order chi connectivity index (χ1) is 21.2. The van der Waals surface area contributed by atoms with Crippen molar-refractivity contribution in [1.82, 2.24) is 19.8 Å². The second-order valence-corrected chi connectivity index (χ2v) is 11.8. The standard InChI is InChI=1S/C33H33Cl2FN6OS/c1-3-22(2)30(40-31(43)15-28-17-38-21-42(28)18-24-9-7-23(16-37)8-10-24)20-41(19-25-5-4-6-29(34)32(25)35)33(44)39-27-13-11-26(36)12-14-27/h4-14,17,21-22,30H,3,15,18-20H2,1-2H3,(H,39,44)(H,40,43)/t22-,30+/m0/s1. The van der Waals surface area contributed by atoms with Gasteiger partial charge < -0.3 is 20.1 Å². The van der Waals surface area contributed by atoms with E-state index in [1.54, 1.807) is 42.9 Å². The molecule has 228 valence electrons. The quantitative estimate of drug-likeness (QED) is 0.157. The van der Waals surface area contributed by atoms with E-state index < -0.39 is 0 Å². The Kier molecular flexibility index (Phi) is 11.7. The molecule has 0 aliphatic rings. The van der Waals surface area contributed by atoms with Gasteiger partial charge in [0, 0.05) is 43.3 Å². The molecule has 2 atom stereocenters. The van der Waals surface area contributed by atoms with Crippen LogP contribution in [0.4, 0.5) is 10.1 Å². The maximum Gasteiger partial charge on any atom is 0.226 e. The Labute approximate surface area is 272 Å². The second kappa shape index (κ2) is 15.7. The summed E-state index contributed by atoms with van der Waals surface area (Å²) < 4.78 is 15.4. The number of carbonyl (C=O) groups excluding carboxylic acids is 1. The van der Waals surface area contributed by atoms with E-state index in [1.165, 1.54) is 12.1 Å². The van der Waals surface area contributed by atoms with Gasteiger partial charge in [-0.25, -0.2) is 9.37 Å². The predicted octanol–water partition coefficient (Wildman–Crippen LogP) is 7.22. The lowest BCUT2D eigenvalue weighted by molar-refractivity contribution is -0.121. The van der Waals surface area contributed by atoms with Crippen LogP contribution in [0, 0.1) is 23.1 Å². The lowest BCUT2D eigenvalue weighted by Crippen LogP contribution is -2.50. The molecule has 3 aromatic carbocycles. The molecule has 0 bridgehead atoms. The number of rotatable bonds is 12. The fourth-order valence-electron chi connectivity index (χ4n) is 4.66. The third-order valence-electron chi connectivity index (χ3n) is 7.45. The highest BCUT2D eigenvalue weighted by molar-refractivity contribution is 7.80. The maximum atomic E-state index is 13.5. The lowest BCUT2D eigenvalue weighted by atomic mass is 9.98. The predicted molar refractivity (Wildman–Crippen MR) is 177 cm³/mol. The zero-order valence-electron chi connectivity index (χ0n) is 24.4. The minimum absolute atomic E-state index is 0.119. The molecule has 11 heteroatoms. The van der Waals surface area contributed by atoms with E-state index in [2.05, 4.69) is 35.5 Å². The Hall–Kier alpha value is -3.97. The van der Waals surface area contributed by atoms with E-state index in [9.17, 15) is 9.18 Å². The molecule has 0 spiro atoms. The van der Waals surface area contributed by atoms with E-state index in [4.69, 9.17) is 40.7 Å². The number of nitriles is 1. The highest BCUT2D eigenvalue weighted by atomic mass is 35.5. The van der Waals surface area contributed by atoms with Gasteiger partial charge in [-0.05, 0) is 71.7 Å². The molecule has 1 aromatic heterocycles. The molecular formula is C33H33Cl2FN6OS. The van der Waals surface area contributed by atoms with Crippen molar-refractivity contribution in [2.24, 2.45) is 5.92 Å². The van der Waals surface area contributed by atoms with E-state index in [0.717, 1.165) is 23.2 Å². The summed E-state index contributed by atoms with van der Waals surface area (Å²) in [4.78, 5) is 19.6. The number of benzene rings is 3. The molecule has 44 heavy (non-hydrogen) atoms. The van der Waals surface area contributed by atoms with E-state index in [0.29, 0.717) is 46.0 Å². The zero-order valence-corrected chi connectivity index (χ0v) is 26.8. The van der Waals surface area contributed by atoms with Gasteiger partial charge in [0.25, 0.3) is 0 Å². The number of imidazole rings is 1. The first-order valence-corrected chi connectivity index (χ1v) is 15.3. The van der Waals surface area contributed by atoms with Gasteiger partial charge in [-0.15, -0.1) is 0 Å². The van der Waals surface area contributed by atoms with Crippen molar-refractivity contribution in [3.63, 3.8) is 0 Å². The number of amides is 1. The van der Waals surface area contributed by atoms with Crippen LogP contribution in [0.5, 0.6) is 0 Å².